The zero-order chi connectivity index (χ0) is 30.7. The van der Waals surface area contributed by atoms with Crippen molar-refractivity contribution in [3.05, 3.63) is 102 Å². The molecule has 3 aromatic rings. The Labute approximate surface area is 255 Å². The molecular formula is C36H34N2O6. The van der Waals surface area contributed by atoms with Crippen LogP contribution in [0.25, 0.3) is 0 Å². The number of carbonyl (C=O) groups is 4. The number of para-hydroxylation sites is 1. The molecular weight excluding hydrogens is 556 g/mol. The quantitative estimate of drug-likeness (QED) is 0.312. The molecule has 2 aliphatic heterocycles. The highest BCUT2D eigenvalue weighted by Crippen LogP contribution is 2.64. The van der Waals surface area contributed by atoms with Gasteiger partial charge in [-0.2, -0.15) is 0 Å². The van der Waals surface area contributed by atoms with Gasteiger partial charge in [0.25, 0.3) is 0 Å². The molecule has 44 heavy (non-hydrogen) atoms. The van der Waals surface area contributed by atoms with Gasteiger partial charge in [0.05, 0.1) is 28.9 Å². The number of amides is 4. The molecule has 0 aromatic heterocycles. The van der Waals surface area contributed by atoms with E-state index in [2.05, 4.69) is 0 Å². The minimum atomic E-state index is -1.22. The van der Waals surface area contributed by atoms with Crippen LogP contribution in [0.4, 0.5) is 5.69 Å². The number of benzene rings is 3. The lowest BCUT2D eigenvalue weighted by molar-refractivity contribution is -0.140. The van der Waals surface area contributed by atoms with E-state index in [1.54, 1.807) is 49.4 Å². The Balaban J connectivity index is 1.32. The van der Waals surface area contributed by atoms with Crippen LogP contribution in [0.15, 0.2) is 90.5 Å². The molecule has 1 N–H and O–H groups in total. The second-order valence-corrected chi connectivity index (χ2v) is 12.4. The third-order valence-corrected chi connectivity index (χ3v) is 10.3. The van der Waals surface area contributed by atoms with Gasteiger partial charge in [0.15, 0.2) is 0 Å². The van der Waals surface area contributed by atoms with Crippen molar-refractivity contribution in [1.82, 2.24) is 4.90 Å². The van der Waals surface area contributed by atoms with E-state index in [0.29, 0.717) is 36.6 Å². The summed E-state index contributed by atoms with van der Waals surface area (Å²) < 4.78 is 5.96. The van der Waals surface area contributed by atoms with E-state index in [9.17, 15) is 24.3 Å². The van der Waals surface area contributed by atoms with Crippen LogP contribution < -0.4 is 9.64 Å². The van der Waals surface area contributed by atoms with Crippen molar-refractivity contribution >= 4 is 29.3 Å². The van der Waals surface area contributed by atoms with Gasteiger partial charge in [0.1, 0.15) is 18.1 Å². The van der Waals surface area contributed by atoms with Gasteiger partial charge in [-0.1, -0.05) is 66.2 Å². The highest BCUT2D eigenvalue weighted by molar-refractivity contribution is 6.24. The van der Waals surface area contributed by atoms with E-state index in [4.69, 9.17) is 4.74 Å². The normalized spacial score (nSPS) is 29.3. The van der Waals surface area contributed by atoms with Gasteiger partial charge >= 0.3 is 0 Å². The van der Waals surface area contributed by atoms with Gasteiger partial charge in [0.2, 0.25) is 23.6 Å². The fourth-order valence-electron chi connectivity index (χ4n) is 8.16. The SMILES string of the molecule is CCN1C(=O)[C@H]2[C@H](CC=C3[C@H]2C[C@H]2C(=O)N(c4ccccc4)C(=O)[C@@]2(C)[C@H]3c2ccc(OCc3ccccc3)cc2O)C1=O. The number of rotatable bonds is 6. The zero-order valence-corrected chi connectivity index (χ0v) is 24.7. The van der Waals surface area contributed by atoms with E-state index in [-0.39, 0.29) is 35.8 Å². The number of hydrogen-bond donors (Lipinski definition) is 1. The fraction of sp³-hybridized carbons (Fsp3) is 0.333. The second kappa shape index (κ2) is 10.5. The molecule has 0 bridgehead atoms. The fourth-order valence-corrected chi connectivity index (χ4v) is 8.16. The molecule has 0 spiro atoms. The van der Waals surface area contributed by atoms with Gasteiger partial charge in [-0.15, -0.1) is 0 Å². The van der Waals surface area contributed by atoms with E-state index in [1.165, 1.54) is 9.80 Å². The molecule has 3 aromatic carbocycles. The zero-order valence-electron chi connectivity index (χ0n) is 24.7. The number of likely N-dealkylation sites (tertiary alicyclic amines) is 1. The van der Waals surface area contributed by atoms with Gasteiger partial charge in [-0.05, 0) is 56.4 Å². The number of imide groups is 2. The lowest BCUT2D eigenvalue weighted by atomic mass is 9.51. The van der Waals surface area contributed by atoms with Crippen molar-refractivity contribution in [3.8, 4) is 11.5 Å². The van der Waals surface area contributed by atoms with Crippen LogP contribution in [0.3, 0.4) is 0 Å². The van der Waals surface area contributed by atoms with Crippen LogP contribution in [0.2, 0.25) is 0 Å². The summed E-state index contributed by atoms with van der Waals surface area (Å²) in [7, 11) is 0. The minimum absolute atomic E-state index is 0.0494. The average molecular weight is 591 g/mol. The van der Waals surface area contributed by atoms with Crippen LogP contribution in [0.1, 0.15) is 43.7 Å². The summed E-state index contributed by atoms with van der Waals surface area (Å²) in [4.78, 5) is 58.0. The topological polar surface area (TPSA) is 104 Å². The standard InChI is InChI=1S/C36H34N2O6/c1-3-37-32(40)26-17-16-24-27(30(26)34(37)42)19-28-33(41)38(22-12-8-5-9-13-22)35(43)36(28,2)31(24)25-15-14-23(18-29(25)39)44-20-21-10-6-4-7-11-21/h4-16,18,26-28,30-31,39H,3,17,19-20H2,1-2H3/t26-,27+,28-,30-,31+,36+/m0/s1. The van der Waals surface area contributed by atoms with E-state index < -0.39 is 35.0 Å². The maximum Gasteiger partial charge on any atom is 0.241 e. The van der Waals surface area contributed by atoms with Gasteiger partial charge in [-0.25, -0.2) is 4.90 Å². The largest absolute Gasteiger partial charge is 0.508 e. The molecule has 224 valence electrons. The Morgan fingerprint density at radius 3 is 2.27 bits per heavy atom. The Morgan fingerprint density at radius 1 is 0.886 bits per heavy atom. The first kappa shape index (κ1) is 28.1. The molecule has 8 heteroatoms. The number of carbonyl (C=O) groups excluding carboxylic acids is 4. The second-order valence-electron chi connectivity index (χ2n) is 12.4. The van der Waals surface area contributed by atoms with E-state index in [0.717, 1.165) is 11.1 Å². The average Bonchev–Trinajstić information content (AvgIpc) is 3.40. The van der Waals surface area contributed by atoms with Gasteiger partial charge < -0.3 is 9.84 Å². The van der Waals surface area contributed by atoms with Gasteiger partial charge in [-0.3, -0.25) is 24.1 Å². The summed E-state index contributed by atoms with van der Waals surface area (Å²) in [6.07, 6.45) is 2.65. The molecule has 8 nitrogen and oxygen atoms in total. The molecule has 0 radical (unpaired) electrons. The molecule has 2 aliphatic carbocycles. The van der Waals surface area contributed by atoms with Crippen molar-refractivity contribution in [1.29, 1.82) is 0 Å². The number of phenols is 1. The lowest BCUT2D eigenvalue weighted by Gasteiger charge is -2.49. The molecule has 1 saturated carbocycles. The maximum atomic E-state index is 14.5. The summed E-state index contributed by atoms with van der Waals surface area (Å²) in [6.45, 7) is 4.22. The Kier molecular flexibility index (Phi) is 6.68. The third-order valence-electron chi connectivity index (χ3n) is 10.3. The first-order chi connectivity index (χ1) is 21.3. The summed E-state index contributed by atoms with van der Waals surface area (Å²) in [5.74, 6) is -3.54. The number of allylic oxidation sites excluding steroid dienone is 2. The van der Waals surface area contributed by atoms with Crippen molar-refractivity contribution < 1.29 is 29.0 Å². The number of ether oxygens (including phenoxy) is 1. The van der Waals surface area contributed by atoms with Crippen molar-refractivity contribution in [2.45, 2.75) is 39.2 Å². The maximum absolute atomic E-state index is 14.5. The monoisotopic (exact) mass is 590 g/mol. The first-order valence-electron chi connectivity index (χ1n) is 15.2. The van der Waals surface area contributed by atoms with Crippen LogP contribution in [-0.2, 0) is 25.8 Å². The van der Waals surface area contributed by atoms with Crippen LogP contribution in [0, 0.1) is 29.1 Å². The van der Waals surface area contributed by atoms with Crippen molar-refractivity contribution in [3.63, 3.8) is 0 Å². The smallest absolute Gasteiger partial charge is 0.241 e. The molecule has 2 heterocycles. The molecule has 3 fully saturated rings. The molecule has 2 saturated heterocycles. The lowest BCUT2D eigenvalue weighted by Crippen LogP contribution is -2.48. The predicted molar refractivity (Wildman–Crippen MR) is 162 cm³/mol. The summed E-state index contributed by atoms with van der Waals surface area (Å²) in [5.41, 5.74) is 1.59. The Morgan fingerprint density at radius 2 is 1.59 bits per heavy atom. The minimum Gasteiger partial charge on any atom is -0.508 e. The summed E-state index contributed by atoms with van der Waals surface area (Å²) >= 11 is 0. The molecule has 4 amide bonds. The van der Waals surface area contributed by atoms with Crippen LogP contribution in [-0.4, -0.2) is 40.2 Å². The molecule has 4 aliphatic rings. The summed E-state index contributed by atoms with van der Waals surface area (Å²) in [5, 5.41) is 11.5. The number of phenolic OH excluding ortho intramolecular Hbond substituents is 1. The highest BCUT2D eigenvalue weighted by atomic mass is 16.5. The Bertz CT molecular complexity index is 1700. The molecule has 0 unspecified atom stereocenters. The number of hydrogen-bond acceptors (Lipinski definition) is 6. The van der Waals surface area contributed by atoms with Crippen molar-refractivity contribution in [2.24, 2.45) is 29.1 Å². The van der Waals surface area contributed by atoms with E-state index in [1.807, 2.05) is 49.4 Å². The highest BCUT2D eigenvalue weighted by Gasteiger charge is 2.67. The Hall–Kier alpha value is -4.72. The van der Waals surface area contributed by atoms with Crippen LogP contribution >= 0.6 is 0 Å². The van der Waals surface area contributed by atoms with Gasteiger partial charge in [0, 0.05) is 24.1 Å². The number of fused-ring (bicyclic) bond motifs is 4. The molecule has 6 atom stereocenters. The van der Waals surface area contributed by atoms with Crippen molar-refractivity contribution in [2.75, 3.05) is 11.4 Å². The summed E-state index contributed by atoms with van der Waals surface area (Å²) in [6, 6.07) is 23.7. The number of nitrogens with zero attached hydrogens (tertiary/aromatic N) is 2. The predicted octanol–water partition coefficient (Wildman–Crippen LogP) is 5.22. The number of anilines is 1. The van der Waals surface area contributed by atoms with Crippen LogP contribution in [0.5, 0.6) is 11.5 Å². The van der Waals surface area contributed by atoms with E-state index >= 15 is 0 Å². The third kappa shape index (κ3) is 4.03. The number of aromatic hydroxyl groups is 1. The first-order valence-corrected chi connectivity index (χ1v) is 15.2. The molecule has 7 rings (SSSR count).